The fourth-order valence-corrected chi connectivity index (χ4v) is 1.01. The van der Waals surface area contributed by atoms with Crippen molar-refractivity contribution in [3.05, 3.63) is 39.5 Å². The van der Waals surface area contributed by atoms with Crippen LogP contribution in [-0.2, 0) is 0 Å². The van der Waals surface area contributed by atoms with E-state index < -0.39 is 0 Å². The van der Waals surface area contributed by atoms with Gasteiger partial charge >= 0.3 is 0 Å². The fraction of sp³-hybridized carbons (Fsp3) is 0.333. The molecule has 0 amide bonds. The number of hydrogen-bond donors (Lipinski definition) is 0. The van der Waals surface area contributed by atoms with Crippen LogP contribution < -0.4 is 0 Å². The first-order chi connectivity index (χ1) is 6.15. The zero-order valence-electron chi connectivity index (χ0n) is 7.61. The van der Waals surface area contributed by atoms with Crippen molar-refractivity contribution in [3.63, 3.8) is 0 Å². The summed E-state index contributed by atoms with van der Waals surface area (Å²) in [5.74, 6) is 0.702. The number of aryl methyl sites for hydroxylation is 1. The van der Waals surface area contributed by atoms with E-state index in [-0.39, 0.29) is 10.6 Å². The Labute approximate surface area is 76.0 Å². The summed E-state index contributed by atoms with van der Waals surface area (Å²) in [5.41, 5.74) is 0.970. The van der Waals surface area contributed by atoms with E-state index in [1.165, 1.54) is 6.26 Å². The fourth-order valence-electron chi connectivity index (χ4n) is 1.01. The molecule has 4 heteroatoms. The maximum absolute atomic E-state index is 10.5. The molecule has 0 aliphatic carbocycles. The Morgan fingerprint density at radius 1 is 1.77 bits per heavy atom. The first-order valence-electron chi connectivity index (χ1n) is 4.04. The lowest BCUT2D eigenvalue weighted by molar-refractivity contribution is -0.425. The molecule has 1 aromatic rings. The first-order valence-corrected chi connectivity index (χ1v) is 4.04. The van der Waals surface area contributed by atoms with Crippen LogP contribution in [0.15, 0.2) is 22.4 Å². The van der Waals surface area contributed by atoms with Crippen LogP contribution in [0.5, 0.6) is 0 Å². The van der Waals surface area contributed by atoms with Crippen molar-refractivity contribution in [1.29, 1.82) is 0 Å². The Morgan fingerprint density at radius 2 is 2.46 bits per heavy atom. The number of allylic oxidation sites excluding steroid dienone is 1. The molecule has 70 valence electrons. The average molecular weight is 181 g/mol. The van der Waals surface area contributed by atoms with Crippen LogP contribution in [0, 0.1) is 17.0 Å². The lowest BCUT2D eigenvalue weighted by Gasteiger charge is -1.92. The molecule has 1 aromatic heterocycles. The van der Waals surface area contributed by atoms with E-state index in [0.29, 0.717) is 12.2 Å². The molecular formula is C9H11NO3. The molecule has 13 heavy (non-hydrogen) atoms. The van der Waals surface area contributed by atoms with Gasteiger partial charge in [-0.2, -0.15) is 0 Å². The van der Waals surface area contributed by atoms with Crippen molar-refractivity contribution in [1.82, 2.24) is 0 Å². The minimum atomic E-state index is -0.369. The van der Waals surface area contributed by atoms with Gasteiger partial charge in [0.05, 0.1) is 11.2 Å². The number of furan rings is 1. The highest BCUT2D eigenvalue weighted by molar-refractivity contribution is 5.52. The Balaban J connectivity index is 2.98. The summed E-state index contributed by atoms with van der Waals surface area (Å²) in [4.78, 5) is 10.1. The molecule has 0 bridgehead atoms. The summed E-state index contributed by atoms with van der Waals surface area (Å²) >= 11 is 0. The molecule has 0 spiro atoms. The minimum Gasteiger partial charge on any atom is -0.469 e. The Morgan fingerprint density at radius 3 is 2.85 bits per heavy atom. The van der Waals surface area contributed by atoms with Gasteiger partial charge in [-0.05, 0) is 13.0 Å². The van der Waals surface area contributed by atoms with Crippen LogP contribution in [0.3, 0.4) is 0 Å². The van der Waals surface area contributed by atoms with E-state index in [9.17, 15) is 10.1 Å². The second-order valence-corrected chi connectivity index (χ2v) is 2.68. The highest BCUT2D eigenvalue weighted by atomic mass is 16.6. The van der Waals surface area contributed by atoms with E-state index in [4.69, 9.17) is 4.42 Å². The summed E-state index contributed by atoms with van der Waals surface area (Å²) in [6.45, 7) is 3.53. The molecule has 0 atom stereocenters. The Hall–Kier alpha value is -1.58. The second kappa shape index (κ2) is 3.89. The predicted octanol–water partition coefficient (Wildman–Crippen LogP) is 2.62. The van der Waals surface area contributed by atoms with E-state index >= 15 is 0 Å². The molecule has 0 N–H and O–H groups in total. The third kappa shape index (κ3) is 2.18. The van der Waals surface area contributed by atoms with Gasteiger partial charge in [0.15, 0.2) is 0 Å². The molecular weight excluding hydrogens is 170 g/mol. The number of hydrogen-bond acceptors (Lipinski definition) is 3. The maximum Gasteiger partial charge on any atom is 0.246 e. The van der Waals surface area contributed by atoms with E-state index in [2.05, 4.69) is 0 Å². The third-order valence-electron chi connectivity index (χ3n) is 1.82. The summed E-state index contributed by atoms with van der Waals surface area (Å²) in [6.07, 6.45) is 3.48. The average Bonchev–Trinajstić information content (AvgIpc) is 2.46. The smallest absolute Gasteiger partial charge is 0.246 e. The highest BCUT2D eigenvalue weighted by Gasteiger charge is 2.08. The SMILES string of the molecule is CC/C(=C/c1ccoc1C)[N+](=O)[O-]. The van der Waals surface area contributed by atoms with Crippen LogP contribution in [-0.4, -0.2) is 4.92 Å². The zero-order valence-corrected chi connectivity index (χ0v) is 7.61. The van der Waals surface area contributed by atoms with E-state index in [1.54, 1.807) is 26.0 Å². The molecule has 0 aliphatic rings. The van der Waals surface area contributed by atoms with Crippen molar-refractivity contribution in [3.8, 4) is 0 Å². The molecule has 0 aliphatic heterocycles. The number of nitro groups is 1. The molecule has 1 heterocycles. The van der Waals surface area contributed by atoms with Gasteiger partial charge in [0, 0.05) is 18.1 Å². The zero-order chi connectivity index (χ0) is 9.84. The van der Waals surface area contributed by atoms with Gasteiger partial charge in [-0.1, -0.05) is 6.92 Å². The summed E-state index contributed by atoms with van der Waals surface area (Å²) < 4.78 is 5.02. The Kier molecular flexibility index (Phi) is 2.84. The van der Waals surface area contributed by atoms with Crippen LogP contribution in [0.4, 0.5) is 0 Å². The molecule has 0 radical (unpaired) electrons. The molecule has 0 saturated carbocycles. The molecule has 4 nitrogen and oxygen atoms in total. The molecule has 0 saturated heterocycles. The summed E-state index contributed by atoms with van der Waals surface area (Å²) in [7, 11) is 0. The monoisotopic (exact) mass is 181 g/mol. The third-order valence-corrected chi connectivity index (χ3v) is 1.82. The van der Waals surface area contributed by atoms with Crippen LogP contribution in [0.25, 0.3) is 6.08 Å². The van der Waals surface area contributed by atoms with Crippen LogP contribution in [0.1, 0.15) is 24.7 Å². The second-order valence-electron chi connectivity index (χ2n) is 2.68. The molecule has 1 rings (SSSR count). The minimum absolute atomic E-state index is 0.199. The number of rotatable bonds is 3. The molecule has 0 aromatic carbocycles. The van der Waals surface area contributed by atoms with Crippen molar-refractivity contribution < 1.29 is 9.34 Å². The summed E-state index contributed by atoms with van der Waals surface area (Å²) in [5, 5.41) is 10.5. The standard InChI is InChI=1S/C9H11NO3/c1-3-9(10(11)12)6-8-4-5-13-7(8)2/h4-6H,3H2,1-2H3/b9-6-. The van der Waals surface area contributed by atoms with Crippen molar-refractivity contribution >= 4 is 6.08 Å². The molecule has 0 unspecified atom stereocenters. The van der Waals surface area contributed by atoms with Gasteiger partial charge in [0.25, 0.3) is 0 Å². The van der Waals surface area contributed by atoms with Crippen molar-refractivity contribution in [2.24, 2.45) is 0 Å². The summed E-state index contributed by atoms with van der Waals surface area (Å²) in [6, 6.07) is 1.72. The van der Waals surface area contributed by atoms with Crippen LogP contribution in [0.2, 0.25) is 0 Å². The van der Waals surface area contributed by atoms with Crippen molar-refractivity contribution in [2.45, 2.75) is 20.3 Å². The van der Waals surface area contributed by atoms with Gasteiger partial charge in [-0.3, -0.25) is 10.1 Å². The van der Waals surface area contributed by atoms with Gasteiger partial charge in [0.1, 0.15) is 5.76 Å². The topological polar surface area (TPSA) is 56.3 Å². The van der Waals surface area contributed by atoms with Gasteiger partial charge < -0.3 is 4.42 Å². The molecule has 0 fully saturated rings. The lowest BCUT2D eigenvalue weighted by Crippen LogP contribution is -1.96. The number of nitrogens with zero attached hydrogens (tertiary/aromatic N) is 1. The normalized spacial score (nSPS) is 11.7. The van der Waals surface area contributed by atoms with Gasteiger partial charge in [-0.15, -0.1) is 0 Å². The highest BCUT2D eigenvalue weighted by Crippen LogP contribution is 2.15. The van der Waals surface area contributed by atoms with E-state index in [1.807, 2.05) is 0 Å². The predicted molar refractivity (Wildman–Crippen MR) is 48.7 cm³/mol. The maximum atomic E-state index is 10.5. The van der Waals surface area contributed by atoms with Crippen molar-refractivity contribution in [2.75, 3.05) is 0 Å². The van der Waals surface area contributed by atoms with E-state index in [0.717, 1.165) is 5.56 Å². The van der Waals surface area contributed by atoms with Gasteiger partial charge in [-0.25, -0.2) is 0 Å². The van der Waals surface area contributed by atoms with Crippen LogP contribution >= 0.6 is 0 Å². The Bertz CT molecular complexity index is 338. The largest absolute Gasteiger partial charge is 0.469 e. The van der Waals surface area contributed by atoms with Gasteiger partial charge in [0.2, 0.25) is 5.70 Å². The first kappa shape index (κ1) is 9.51. The lowest BCUT2D eigenvalue weighted by atomic mass is 10.2. The quantitative estimate of drug-likeness (QED) is 0.532.